The van der Waals surface area contributed by atoms with Crippen LogP contribution in [0.5, 0.6) is 0 Å². The Labute approximate surface area is 96.6 Å². The normalized spacial score (nSPS) is 35.5. The minimum absolute atomic E-state index is 0.397. The van der Waals surface area contributed by atoms with Crippen LogP contribution in [-0.2, 0) is 0 Å². The molecule has 0 unspecified atom stereocenters. The lowest BCUT2D eigenvalue weighted by Crippen LogP contribution is -2.38. The van der Waals surface area contributed by atoms with Crippen molar-refractivity contribution in [2.24, 2.45) is 28.9 Å². The number of allylic oxidation sites excluding steroid dienone is 1. The molecule has 4 nitrogen and oxygen atoms in total. The van der Waals surface area contributed by atoms with Crippen LogP contribution in [0.1, 0.15) is 33.1 Å². The van der Waals surface area contributed by atoms with Crippen molar-refractivity contribution in [1.29, 1.82) is 0 Å². The second-order valence-corrected chi connectivity index (χ2v) is 5.61. The summed E-state index contributed by atoms with van der Waals surface area (Å²) >= 11 is 0. The first kappa shape index (κ1) is 11.3. The molecule has 4 heteroatoms. The van der Waals surface area contributed by atoms with Crippen LogP contribution in [0.4, 0.5) is 4.79 Å². The van der Waals surface area contributed by atoms with Gasteiger partial charge in [-0.05, 0) is 42.4 Å². The van der Waals surface area contributed by atoms with E-state index in [9.17, 15) is 4.79 Å². The van der Waals surface area contributed by atoms with Crippen molar-refractivity contribution >= 4 is 6.03 Å². The van der Waals surface area contributed by atoms with Crippen molar-refractivity contribution in [3.05, 3.63) is 12.3 Å². The average Bonchev–Trinajstić information content (AvgIpc) is 2.72. The zero-order valence-corrected chi connectivity index (χ0v) is 9.99. The van der Waals surface area contributed by atoms with E-state index in [0.717, 1.165) is 11.8 Å². The second kappa shape index (κ2) is 4.00. The maximum absolute atomic E-state index is 10.5. The Kier molecular flexibility index (Phi) is 2.82. The number of carbonyl (C=O) groups is 1. The first-order valence-corrected chi connectivity index (χ1v) is 5.99. The molecule has 2 rings (SSSR count). The van der Waals surface area contributed by atoms with E-state index in [-0.39, 0.29) is 0 Å². The molecule has 90 valence electrons. The fourth-order valence-corrected chi connectivity index (χ4v) is 3.57. The molecule has 0 radical (unpaired) electrons. The molecule has 2 fully saturated rings. The van der Waals surface area contributed by atoms with Crippen LogP contribution in [0.2, 0.25) is 0 Å². The van der Waals surface area contributed by atoms with Gasteiger partial charge in [0, 0.05) is 6.20 Å². The highest BCUT2D eigenvalue weighted by Gasteiger charge is 2.51. The third kappa shape index (κ3) is 1.88. The molecule has 3 atom stereocenters. The molecular formula is C12H21N3O. The van der Waals surface area contributed by atoms with E-state index in [2.05, 4.69) is 30.8 Å². The monoisotopic (exact) mass is 223 g/mol. The molecule has 2 saturated carbocycles. The number of carbonyl (C=O) groups excluding carboxylic acids is 1. The van der Waals surface area contributed by atoms with Gasteiger partial charge in [0.15, 0.2) is 0 Å². The van der Waals surface area contributed by atoms with Crippen molar-refractivity contribution in [1.82, 2.24) is 10.9 Å². The fourth-order valence-electron chi connectivity index (χ4n) is 3.57. The van der Waals surface area contributed by atoms with Gasteiger partial charge in [-0.15, -0.1) is 0 Å². The maximum atomic E-state index is 10.5. The molecule has 0 heterocycles. The van der Waals surface area contributed by atoms with Crippen molar-refractivity contribution in [2.75, 3.05) is 0 Å². The van der Waals surface area contributed by atoms with Crippen molar-refractivity contribution in [3.63, 3.8) is 0 Å². The lowest BCUT2D eigenvalue weighted by Gasteiger charge is -2.36. The average molecular weight is 223 g/mol. The number of nitrogens with two attached hydrogens (primary N) is 1. The summed E-state index contributed by atoms with van der Waals surface area (Å²) in [7, 11) is 0. The SMILES string of the molecule is CC1(C)[C@H]2CC[C@H](C2)[C@H]1/C=C\NNC(N)=O. The van der Waals surface area contributed by atoms with E-state index in [1.165, 1.54) is 19.3 Å². The molecule has 4 N–H and O–H groups in total. The minimum Gasteiger partial charge on any atom is -0.350 e. The van der Waals surface area contributed by atoms with Crippen LogP contribution in [0.3, 0.4) is 0 Å². The predicted molar refractivity (Wildman–Crippen MR) is 63.1 cm³/mol. The smallest absolute Gasteiger partial charge is 0.330 e. The van der Waals surface area contributed by atoms with E-state index in [4.69, 9.17) is 5.73 Å². The molecule has 2 aliphatic rings. The Morgan fingerprint density at radius 1 is 1.44 bits per heavy atom. The third-order valence-electron chi connectivity index (χ3n) is 4.47. The molecule has 0 aromatic rings. The fraction of sp³-hybridized carbons (Fsp3) is 0.750. The zero-order valence-electron chi connectivity index (χ0n) is 9.99. The lowest BCUT2D eigenvalue weighted by atomic mass is 9.69. The Morgan fingerprint density at radius 3 is 2.75 bits per heavy atom. The number of urea groups is 1. The molecule has 0 saturated heterocycles. The zero-order chi connectivity index (χ0) is 11.8. The van der Waals surface area contributed by atoms with E-state index >= 15 is 0 Å². The van der Waals surface area contributed by atoms with Gasteiger partial charge in [-0.2, -0.15) is 0 Å². The number of rotatable bonds is 3. The van der Waals surface area contributed by atoms with Gasteiger partial charge in [-0.25, -0.2) is 4.79 Å². The number of hydrogen-bond acceptors (Lipinski definition) is 2. The number of primary amides is 1. The van der Waals surface area contributed by atoms with E-state index < -0.39 is 6.03 Å². The molecule has 0 aromatic carbocycles. The van der Waals surface area contributed by atoms with Gasteiger partial charge >= 0.3 is 6.03 Å². The van der Waals surface area contributed by atoms with Crippen molar-refractivity contribution in [3.8, 4) is 0 Å². The summed E-state index contributed by atoms with van der Waals surface area (Å²) in [6, 6.07) is -0.558. The molecule has 0 spiro atoms. The predicted octanol–water partition coefficient (Wildman–Crippen LogP) is 1.75. The number of hydrogen-bond donors (Lipinski definition) is 3. The van der Waals surface area contributed by atoms with E-state index in [0.29, 0.717) is 11.3 Å². The minimum atomic E-state index is -0.558. The number of hydrazine groups is 1. The van der Waals surface area contributed by atoms with Crippen LogP contribution in [0.15, 0.2) is 12.3 Å². The molecule has 16 heavy (non-hydrogen) atoms. The standard InChI is InChI=1S/C12H21N3O/c1-12(2)9-4-3-8(7-9)10(12)5-6-14-15-11(13)16/h5-6,8-10,14H,3-4,7H2,1-2H3,(H3,13,15,16)/b6-5-/t8-,9+,10-/m1/s1. The second-order valence-electron chi connectivity index (χ2n) is 5.61. The summed E-state index contributed by atoms with van der Waals surface area (Å²) in [4.78, 5) is 10.5. The summed E-state index contributed by atoms with van der Waals surface area (Å²) in [5.74, 6) is 2.32. The molecule has 2 amide bonds. The van der Waals surface area contributed by atoms with E-state index in [1.807, 2.05) is 0 Å². The van der Waals surface area contributed by atoms with Crippen LogP contribution >= 0.6 is 0 Å². The summed E-state index contributed by atoms with van der Waals surface area (Å²) < 4.78 is 0. The lowest BCUT2D eigenvalue weighted by molar-refractivity contribution is 0.158. The molecule has 2 aliphatic carbocycles. The Bertz CT molecular complexity index is 311. The highest BCUT2D eigenvalue weighted by atomic mass is 16.2. The summed E-state index contributed by atoms with van der Waals surface area (Å²) in [5.41, 5.74) is 10.4. The third-order valence-corrected chi connectivity index (χ3v) is 4.47. The Hall–Kier alpha value is -1.19. The maximum Gasteiger partial charge on any atom is 0.330 e. The molecule has 0 aromatic heterocycles. The van der Waals surface area contributed by atoms with Gasteiger partial charge in [0.1, 0.15) is 0 Å². The molecular weight excluding hydrogens is 202 g/mol. The van der Waals surface area contributed by atoms with Crippen LogP contribution < -0.4 is 16.6 Å². The summed E-state index contributed by atoms with van der Waals surface area (Å²) in [6.07, 6.45) is 8.09. The quantitative estimate of drug-likeness (QED) is 0.638. The van der Waals surface area contributed by atoms with Crippen molar-refractivity contribution in [2.45, 2.75) is 33.1 Å². The first-order valence-electron chi connectivity index (χ1n) is 5.99. The van der Waals surface area contributed by atoms with Gasteiger partial charge < -0.3 is 11.2 Å². The number of fused-ring (bicyclic) bond motifs is 2. The largest absolute Gasteiger partial charge is 0.350 e. The molecule has 2 bridgehead atoms. The van der Waals surface area contributed by atoms with Gasteiger partial charge in [0.05, 0.1) is 0 Å². The highest BCUT2D eigenvalue weighted by Crippen LogP contribution is 2.59. The Balaban J connectivity index is 1.92. The van der Waals surface area contributed by atoms with Crippen LogP contribution in [0, 0.1) is 23.2 Å². The topological polar surface area (TPSA) is 67.2 Å². The van der Waals surface area contributed by atoms with Crippen LogP contribution in [0.25, 0.3) is 0 Å². The number of nitrogens with one attached hydrogen (secondary N) is 2. The first-order chi connectivity index (χ1) is 7.51. The van der Waals surface area contributed by atoms with Crippen molar-refractivity contribution < 1.29 is 4.79 Å². The Morgan fingerprint density at radius 2 is 2.19 bits per heavy atom. The summed E-state index contributed by atoms with van der Waals surface area (Å²) in [6.45, 7) is 4.71. The van der Waals surface area contributed by atoms with E-state index in [1.54, 1.807) is 6.20 Å². The van der Waals surface area contributed by atoms with Gasteiger partial charge in [-0.1, -0.05) is 19.9 Å². The molecule has 0 aliphatic heterocycles. The van der Waals surface area contributed by atoms with Gasteiger partial charge in [-0.3, -0.25) is 5.43 Å². The number of amides is 2. The highest BCUT2D eigenvalue weighted by molar-refractivity contribution is 5.71. The van der Waals surface area contributed by atoms with Gasteiger partial charge in [0.25, 0.3) is 0 Å². The van der Waals surface area contributed by atoms with Crippen LogP contribution in [-0.4, -0.2) is 6.03 Å². The summed E-state index contributed by atoms with van der Waals surface area (Å²) in [5, 5.41) is 0. The van der Waals surface area contributed by atoms with Gasteiger partial charge in [0.2, 0.25) is 0 Å².